The van der Waals surface area contributed by atoms with E-state index in [-0.39, 0.29) is 23.2 Å². The molecule has 2 aromatic heterocycles. The van der Waals surface area contributed by atoms with Crippen LogP contribution in [0.4, 0.5) is 4.39 Å². The first kappa shape index (κ1) is 17.6. The van der Waals surface area contributed by atoms with E-state index in [9.17, 15) is 12.8 Å². The van der Waals surface area contributed by atoms with E-state index in [0.29, 0.717) is 0 Å². The fraction of sp³-hybridized carbons (Fsp3) is 0.188. The minimum absolute atomic E-state index is 0.00745. The lowest BCUT2D eigenvalue weighted by Crippen LogP contribution is -2.31. The van der Waals surface area contributed by atoms with Crippen LogP contribution in [0.25, 0.3) is 0 Å². The molecule has 0 bridgehead atoms. The van der Waals surface area contributed by atoms with Crippen LogP contribution in [0, 0.1) is 5.82 Å². The zero-order chi connectivity index (χ0) is 17.9. The van der Waals surface area contributed by atoms with Gasteiger partial charge in [-0.2, -0.15) is 5.10 Å². The van der Waals surface area contributed by atoms with Crippen molar-refractivity contribution in [3.63, 3.8) is 0 Å². The van der Waals surface area contributed by atoms with Gasteiger partial charge in [0.2, 0.25) is 10.0 Å². The summed E-state index contributed by atoms with van der Waals surface area (Å²) in [5.41, 5.74) is 0. The molecule has 1 aromatic carbocycles. The lowest BCUT2D eigenvalue weighted by Gasteiger charge is -2.17. The Bertz CT molecular complexity index is 891. The van der Waals surface area contributed by atoms with Crippen LogP contribution in [0.5, 0.6) is 5.75 Å². The quantitative estimate of drug-likeness (QED) is 0.683. The van der Waals surface area contributed by atoms with E-state index >= 15 is 0 Å². The highest BCUT2D eigenvalue weighted by atomic mass is 32.2. The number of thiophene rings is 1. The number of aromatic nitrogens is 2. The van der Waals surface area contributed by atoms with E-state index in [1.54, 1.807) is 23.1 Å². The summed E-state index contributed by atoms with van der Waals surface area (Å²) in [6, 6.07) is 8.82. The average molecular weight is 381 g/mol. The zero-order valence-electron chi connectivity index (χ0n) is 13.3. The molecule has 0 radical (unpaired) electrons. The van der Waals surface area contributed by atoms with Gasteiger partial charge in [0.1, 0.15) is 0 Å². The van der Waals surface area contributed by atoms with Gasteiger partial charge in [0.25, 0.3) is 0 Å². The van der Waals surface area contributed by atoms with E-state index < -0.39 is 15.8 Å². The fourth-order valence-corrected chi connectivity index (χ4v) is 4.23. The van der Waals surface area contributed by atoms with Crippen molar-refractivity contribution >= 4 is 21.4 Å². The number of nitrogens with zero attached hydrogens (tertiary/aromatic N) is 2. The van der Waals surface area contributed by atoms with Gasteiger partial charge in [-0.15, -0.1) is 11.3 Å². The van der Waals surface area contributed by atoms with Crippen LogP contribution in [0.2, 0.25) is 0 Å². The van der Waals surface area contributed by atoms with Gasteiger partial charge in [0.15, 0.2) is 11.6 Å². The minimum Gasteiger partial charge on any atom is -0.494 e. The molecular formula is C16H16FN3O3S2. The van der Waals surface area contributed by atoms with Crippen molar-refractivity contribution in [2.24, 2.45) is 0 Å². The van der Waals surface area contributed by atoms with E-state index in [2.05, 4.69) is 9.82 Å². The Hall–Kier alpha value is -2.23. The topological polar surface area (TPSA) is 73.2 Å². The highest BCUT2D eigenvalue weighted by Gasteiger charge is 2.21. The van der Waals surface area contributed by atoms with Crippen LogP contribution in [0.3, 0.4) is 0 Å². The van der Waals surface area contributed by atoms with Crippen molar-refractivity contribution in [2.75, 3.05) is 13.7 Å². The maximum absolute atomic E-state index is 13.8. The molecule has 0 fully saturated rings. The van der Waals surface area contributed by atoms with E-state index in [1.807, 2.05) is 17.5 Å². The standard InChI is InChI=1S/C16H16FN3O3S2/c1-23-15-6-5-12(10-13(15)17)25(21,22)19-11-14(16-4-2-9-24-16)20-8-3-7-18-20/h2-10,14,19H,11H2,1H3. The molecule has 132 valence electrons. The molecule has 0 saturated heterocycles. The number of nitrogens with one attached hydrogen (secondary N) is 1. The molecule has 0 aliphatic carbocycles. The maximum Gasteiger partial charge on any atom is 0.240 e. The second-order valence-corrected chi connectivity index (χ2v) is 7.91. The van der Waals surface area contributed by atoms with Crippen molar-refractivity contribution < 1.29 is 17.5 Å². The molecule has 25 heavy (non-hydrogen) atoms. The van der Waals surface area contributed by atoms with Crippen molar-refractivity contribution in [1.29, 1.82) is 0 Å². The summed E-state index contributed by atoms with van der Waals surface area (Å²) in [5.74, 6) is -0.737. The summed E-state index contributed by atoms with van der Waals surface area (Å²) in [7, 11) is -2.55. The van der Waals surface area contributed by atoms with Gasteiger partial charge in [0, 0.05) is 23.8 Å². The number of hydrogen-bond acceptors (Lipinski definition) is 5. The summed E-state index contributed by atoms with van der Waals surface area (Å²) in [6.45, 7) is 0.0954. The molecule has 0 amide bonds. The Morgan fingerprint density at radius 2 is 2.20 bits per heavy atom. The van der Waals surface area contributed by atoms with Gasteiger partial charge >= 0.3 is 0 Å². The Labute approximate surface area is 148 Å². The number of halogens is 1. The minimum atomic E-state index is -3.87. The van der Waals surface area contributed by atoms with Crippen LogP contribution >= 0.6 is 11.3 Å². The van der Waals surface area contributed by atoms with Crippen LogP contribution in [-0.2, 0) is 10.0 Å². The number of rotatable bonds is 7. The van der Waals surface area contributed by atoms with Crippen molar-refractivity contribution in [2.45, 2.75) is 10.9 Å². The second-order valence-electron chi connectivity index (χ2n) is 5.17. The SMILES string of the molecule is COc1ccc(S(=O)(=O)NCC(c2cccs2)n2cccn2)cc1F. The van der Waals surface area contributed by atoms with Crippen LogP contribution in [0.1, 0.15) is 10.9 Å². The largest absolute Gasteiger partial charge is 0.494 e. The molecule has 2 heterocycles. The van der Waals surface area contributed by atoms with E-state index in [1.165, 1.54) is 30.6 Å². The lowest BCUT2D eigenvalue weighted by molar-refractivity contribution is 0.385. The number of sulfonamides is 1. The maximum atomic E-state index is 13.8. The van der Waals surface area contributed by atoms with Crippen molar-refractivity contribution in [3.8, 4) is 5.75 Å². The van der Waals surface area contributed by atoms with Gasteiger partial charge in [-0.05, 0) is 35.7 Å². The molecule has 1 unspecified atom stereocenters. The molecule has 0 spiro atoms. The van der Waals surface area contributed by atoms with Crippen LogP contribution in [-0.4, -0.2) is 31.9 Å². The molecule has 0 aliphatic heterocycles. The third kappa shape index (κ3) is 3.89. The lowest BCUT2D eigenvalue weighted by atomic mass is 10.2. The van der Waals surface area contributed by atoms with Crippen LogP contribution < -0.4 is 9.46 Å². The first-order chi connectivity index (χ1) is 12.0. The zero-order valence-corrected chi connectivity index (χ0v) is 14.9. The molecular weight excluding hydrogens is 365 g/mol. The highest BCUT2D eigenvalue weighted by molar-refractivity contribution is 7.89. The first-order valence-electron chi connectivity index (χ1n) is 7.37. The molecule has 1 atom stereocenters. The molecule has 9 heteroatoms. The van der Waals surface area contributed by atoms with Crippen molar-refractivity contribution in [3.05, 3.63) is 64.9 Å². The number of hydrogen-bond donors (Lipinski definition) is 1. The highest BCUT2D eigenvalue weighted by Crippen LogP contribution is 2.24. The van der Waals surface area contributed by atoms with Gasteiger partial charge < -0.3 is 4.74 Å². The number of benzene rings is 1. The molecule has 3 rings (SSSR count). The number of methoxy groups -OCH3 is 1. The normalized spacial score (nSPS) is 12.9. The number of ether oxygens (including phenoxy) is 1. The third-order valence-electron chi connectivity index (χ3n) is 3.62. The summed E-state index contributed by atoms with van der Waals surface area (Å²) >= 11 is 1.51. The van der Waals surface area contributed by atoms with Crippen LogP contribution in [0.15, 0.2) is 59.1 Å². The Morgan fingerprint density at radius 1 is 1.36 bits per heavy atom. The molecule has 1 N–H and O–H groups in total. The monoisotopic (exact) mass is 381 g/mol. The summed E-state index contributed by atoms with van der Waals surface area (Å²) < 4.78 is 47.8. The summed E-state index contributed by atoms with van der Waals surface area (Å²) in [6.07, 6.45) is 3.40. The van der Waals surface area contributed by atoms with Gasteiger partial charge in [-0.3, -0.25) is 4.68 Å². The predicted molar refractivity (Wildman–Crippen MR) is 92.8 cm³/mol. The van der Waals surface area contributed by atoms with Crippen molar-refractivity contribution in [1.82, 2.24) is 14.5 Å². The summed E-state index contributed by atoms with van der Waals surface area (Å²) in [4.78, 5) is 0.809. The molecule has 0 saturated carbocycles. The predicted octanol–water partition coefficient (Wildman–Crippen LogP) is 2.66. The van der Waals surface area contributed by atoms with Gasteiger partial charge in [-0.25, -0.2) is 17.5 Å². The molecule has 0 aliphatic rings. The summed E-state index contributed by atoms with van der Waals surface area (Å²) in [5, 5.41) is 6.11. The molecule has 3 aromatic rings. The third-order valence-corrected chi connectivity index (χ3v) is 6.01. The smallest absolute Gasteiger partial charge is 0.240 e. The first-order valence-corrected chi connectivity index (χ1v) is 9.73. The Morgan fingerprint density at radius 3 is 2.80 bits per heavy atom. The average Bonchev–Trinajstić information content (AvgIpc) is 3.29. The Balaban J connectivity index is 1.81. The van der Waals surface area contributed by atoms with E-state index in [4.69, 9.17) is 4.74 Å². The molecule has 6 nitrogen and oxygen atoms in total. The van der Waals surface area contributed by atoms with E-state index in [0.717, 1.165) is 10.9 Å². The Kier molecular flexibility index (Phi) is 5.16. The van der Waals surface area contributed by atoms with Gasteiger partial charge in [-0.1, -0.05) is 6.07 Å². The fourth-order valence-electron chi connectivity index (χ4n) is 2.36. The van der Waals surface area contributed by atoms with Gasteiger partial charge in [0.05, 0.1) is 18.0 Å². The second kappa shape index (κ2) is 7.34.